The van der Waals surface area contributed by atoms with Crippen LogP contribution in [0, 0.1) is 15.9 Å². The zero-order valence-corrected chi connectivity index (χ0v) is 11.1. The Labute approximate surface area is 114 Å². The van der Waals surface area contributed by atoms with Crippen LogP contribution in [0.3, 0.4) is 0 Å². The molecule has 0 spiro atoms. The molecule has 1 aliphatic rings. The van der Waals surface area contributed by atoms with E-state index in [1.807, 2.05) is 0 Å². The van der Waals surface area contributed by atoms with E-state index < -0.39 is 31.3 Å². The molecule has 0 N–H and O–H groups in total. The van der Waals surface area contributed by atoms with E-state index >= 15 is 0 Å². The number of benzene rings is 1. The lowest BCUT2D eigenvalue weighted by Crippen LogP contribution is -2.40. The number of piperidine rings is 1. The molecule has 1 aromatic rings. The van der Waals surface area contributed by atoms with Gasteiger partial charge in [0.05, 0.1) is 17.5 Å². The molecule has 1 heterocycles. The van der Waals surface area contributed by atoms with Gasteiger partial charge in [0.1, 0.15) is 11.6 Å². The highest BCUT2D eigenvalue weighted by molar-refractivity contribution is 7.89. The largest absolute Gasteiger partial charge is 0.298 e. The second kappa shape index (κ2) is 5.25. The van der Waals surface area contributed by atoms with Crippen LogP contribution in [0.1, 0.15) is 12.8 Å². The van der Waals surface area contributed by atoms with Crippen LogP contribution in [0.4, 0.5) is 10.1 Å². The Bertz CT molecular complexity index is 673. The highest BCUT2D eigenvalue weighted by Gasteiger charge is 2.34. The van der Waals surface area contributed by atoms with Crippen molar-refractivity contribution in [3.05, 3.63) is 34.1 Å². The molecule has 9 heteroatoms. The average molecular weight is 302 g/mol. The summed E-state index contributed by atoms with van der Waals surface area (Å²) in [7, 11) is -4.18. The molecule has 0 unspecified atom stereocenters. The zero-order chi connectivity index (χ0) is 14.9. The minimum Gasteiger partial charge on any atom is -0.298 e. The summed E-state index contributed by atoms with van der Waals surface area (Å²) in [6, 6.07) is 2.24. The maximum Gasteiger partial charge on any atom is 0.292 e. The number of rotatable bonds is 3. The second-order valence-corrected chi connectivity index (χ2v) is 6.26. The van der Waals surface area contributed by atoms with Gasteiger partial charge in [0.2, 0.25) is 10.0 Å². The van der Waals surface area contributed by atoms with Gasteiger partial charge in [-0.15, -0.1) is 0 Å². The Kier molecular flexibility index (Phi) is 3.82. The number of Topliss-reactive ketones (excluding diaryl/α,β-unsaturated/α-hetero) is 1. The summed E-state index contributed by atoms with van der Waals surface area (Å²) in [4.78, 5) is 20.6. The molecule has 1 fully saturated rings. The van der Waals surface area contributed by atoms with Crippen molar-refractivity contribution in [3.8, 4) is 0 Å². The Hall–Kier alpha value is -1.87. The molecular weight excluding hydrogens is 291 g/mol. The Balaban J connectivity index is 2.49. The number of halogens is 1. The van der Waals surface area contributed by atoms with Gasteiger partial charge in [0.25, 0.3) is 5.69 Å². The molecule has 7 nitrogen and oxygen atoms in total. The standard InChI is InChI=1S/C11H11FN2O5S/c12-8-3-4-11(10(6-8)14(16)17)20(18,19)13-5-1-2-9(15)7-13/h3-4,6H,1-2,5,7H2. The van der Waals surface area contributed by atoms with E-state index in [0.717, 1.165) is 16.4 Å². The van der Waals surface area contributed by atoms with E-state index in [2.05, 4.69) is 0 Å². The maximum absolute atomic E-state index is 13.0. The molecule has 1 aromatic carbocycles. The number of sulfonamides is 1. The fourth-order valence-corrected chi connectivity index (χ4v) is 3.60. The van der Waals surface area contributed by atoms with Crippen LogP contribution < -0.4 is 0 Å². The van der Waals surface area contributed by atoms with Gasteiger partial charge in [-0.05, 0) is 18.6 Å². The number of hydrogen-bond donors (Lipinski definition) is 0. The van der Waals surface area contributed by atoms with Crippen LogP contribution in [-0.4, -0.2) is 36.5 Å². The molecule has 20 heavy (non-hydrogen) atoms. The van der Waals surface area contributed by atoms with Gasteiger partial charge < -0.3 is 0 Å². The van der Waals surface area contributed by atoms with Crippen LogP contribution in [0.25, 0.3) is 0 Å². The van der Waals surface area contributed by atoms with Crippen molar-refractivity contribution >= 4 is 21.5 Å². The lowest BCUT2D eigenvalue weighted by molar-refractivity contribution is -0.388. The van der Waals surface area contributed by atoms with E-state index in [0.29, 0.717) is 12.5 Å². The van der Waals surface area contributed by atoms with Crippen LogP contribution in [-0.2, 0) is 14.8 Å². The molecule has 0 aliphatic carbocycles. The Morgan fingerprint density at radius 3 is 2.65 bits per heavy atom. The normalized spacial score (nSPS) is 17.1. The van der Waals surface area contributed by atoms with Crippen molar-refractivity contribution in [3.63, 3.8) is 0 Å². The molecule has 1 aliphatic heterocycles. The number of carbonyl (C=O) groups is 1. The lowest BCUT2D eigenvalue weighted by Gasteiger charge is -2.24. The summed E-state index contributed by atoms with van der Waals surface area (Å²) >= 11 is 0. The average Bonchev–Trinajstić information content (AvgIpc) is 2.38. The fourth-order valence-electron chi connectivity index (χ4n) is 2.00. The first-order chi connectivity index (χ1) is 9.32. The molecule has 2 rings (SSSR count). The number of nitrogens with zero attached hydrogens (tertiary/aromatic N) is 2. The van der Waals surface area contributed by atoms with Gasteiger partial charge >= 0.3 is 0 Å². The molecule has 0 bridgehead atoms. The number of nitro benzene ring substituents is 1. The Morgan fingerprint density at radius 2 is 2.05 bits per heavy atom. The first-order valence-electron chi connectivity index (χ1n) is 5.78. The third-order valence-electron chi connectivity index (χ3n) is 2.95. The van der Waals surface area contributed by atoms with E-state index in [9.17, 15) is 27.7 Å². The minimum absolute atomic E-state index is 0.114. The highest BCUT2D eigenvalue weighted by Crippen LogP contribution is 2.28. The van der Waals surface area contributed by atoms with E-state index in [1.165, 1.54) is 0 Å². The van der Waals surface area contributed by atoms with Crippen molar-refractivity contribution in [2.24, 2.45) is 0 Å². The summed E-state index contributed by atoms with van der Waals surface area (Å²) in [5, 5.41) is 10.9. The van der Waals surface area contributed by atoms with Crippen molar-refractivity contribution < 1.29 is 22.5 Å². The van der Waals surface area contributed by atoms with E-state index in [1.54, 1.807) is 0 Å². The predicted octanol–water partition coefficient (Wildman–Crippen LogP) is 1.09. The predicted molar refractivity (Wildman–Crippen MR) is 66.1 cm³/mol. The van der Waals surface area contributed by atoms with Gasteiger partial charge in [-0.25, -0.2) is 12.8 Å². The van der Waals surface area contributed by atoms with Crippen LogP contribution in [0.5, 0.6) is 0 Å². The van der Waals surface area contributed by atoms with Crippen molar-refractivity contribution in [1.29, 1.82) is 0 Å². The maximum atomic E-state index is 13.0. The lowest BCUT2D eigenvalue weighted by atomic mass is 10.1. The summed E-state index contributed by atoms with van der Waals surface area (Å²) in [6.07, 6.45) is 0.657. The summed E-state index contributed by atoms with van der Waals surface area (Å²) < 4.78 is 38.6. The number of nitro groups is 1. The summed E-state index contributed by atoms with van der Waals surface area (Å²) in [5.41, 5.74) is -0.831. The van der Waals surface area contributed by atoms with E-state index in [4.69, 9.17) is 0 Å². The smallest absolute Gasteiger partial charge is 0.292 e. The third kappa shape index (κ3) is 2.68. The van der Waals surface area contributed by atoms with Gasteiger partial charge in [0, 0.05) is 13.0 Å². The third-order valence-corrected chi connectivity index (χ3v) is 4.84. The van der Waals surface area contributed by atoms with Crippen LogP contribution in [0.2, 0.25) is 0 Å². The SMILES string of the molecule is O=C1CCCN(S(=O)(=O)c2ccc(F)cc2[N+](=O)[O-])C1. The topological polar surface area (TPSA) is 97.6 Å². The molecule has 0 saturated carbocycles. The van der Waals surface area contributed by atoms with Crippen molar-refractivity contribution in [1.82, 2.24) is 4.31 Å². The first-order valence-corrected chi connectivity index (χ1v) is 7.22. The van der Waals surface area contributed by atoms with Gasteiger partial charge in [-0.1, -0.05) is 0 Å². The minimum atomic E-state index is -4.18. The van der Waals surface area contributed by atoms with E-state index in [-0.39, 0.29) is 25.3 Å². The van der Waals surface area contributed by atoms with Gasteiger partial charge in [0.15, 0.2) is 4.90 Å². The second-order valence-electron chi connectivity index (χ2n) is 4.35. The number of hydrogen-bond acceptors (Lipinski definition) is 5. The highest BCUT2D eigenvalue weighted by atomic mass is 32.2. The zero-order valence-electron chi connectivity index (χ0n) is 10.3. The molecule has 108 valence electrons. The van der Waals surface area contributed by atoms with Crippen molar-refractivity contribution in [2.75, 3.05) is 13.1 Å². The molecule has 0 atom stereocenters. The van der Waals surface area contributed by atoms with Crippen LogP contribution >= 0.6 is 0 Å². The molecular formula is C11H11FN2O5S. The molecule has 1 saturated heterocycles. The summed E-state index contributed by atoms with van der Waals surface area (Å²) in [5.74, 6) is -1.14. The van der Waals surface area contributed by atoms with Crippen molar-refractivity contribution in [2.45, 2.75) is 17.7 Å². The number of ketones is 1. The van der Waals surface area contributed by atoms with Gasteiger partial charge in [-0.3, -0.25) is 14.9 Å². The van der Waals surface area contributed by atoms with Gasteiger partial charge in [-0.2, -0.15) is 4.31 Å². The first kappa shape index (κ1) is 14.5. The fraction of sp³-hybridized carbons (Fsp3) is 0.364. The molecule has 0 amide bonds. The summed E-state index contributed by atoms with van der Waals surface area (Å²) in [6.45, 7) is -0.195. The number of carbonyl (C=O) groups excluding carboxylic acids is 1. The molecule has 0 radical (unpaired) electrons. The molecule has 0 aromatic heterocycles. The monoisotopic (exact) mass is 302 g/mol. The quantitative estimate of drug-likeness (QED) is 0.615. The van der Waals surface area contributed by atoms with Crippen LogP contribution in [0.15, 0.2) is 23.1 Å². The Morgan fingerprint density at radius 1 is 1.35 bits per heavy atom.